The first-order valence-electron chi connectivity index (χ1n) is 12.9. The third kappa shape index (κ3) is 3.70. The Morgan fingerprint density at radius 3 is 1.73 bits per heavy atom. The highest BCUT2D eigenvalue weighted by molar-refractivity contribution is 6.22. The quantitative estimate of drug-likeness (QED) is 0.225. The minimum absolute atomic E-state index is 1.24. The van der Waals surface area contributed by atoms with E-state index < -0.39 is 0 Å². The molecule has 0 atom stereocenters. The molecular weight excluding hydrogens is 444 g/mol. The standard InChI is InChI=1S/C37H26/c1-25-18-21-34-35(22-25)37(31-20-19-27-12-5-6-13-28(27)24-31)33-17-8-7-16-32(33)36(34)30-15-9-14-29(23-30)26-10-3-2-4-11-26/h2-24H,1H3. The maximum absolute atomic E-state index is 2.36. The predicted octanol–water partition coefficient (Wildman–Crippen LogP) is 10.5. The zero-order valence-corrected chi connectivity index (χ0v) is 20.8. The summed E-state index contributed by atoms with van der Waals surface area (Å²) >= 11 is 0. The summed E-state index contributed by atoms with van der Waals surface area (Å²) in [6, 6.07) is 50.9. The Balaban J connectivity index is 1.57. The summed E-state index contributed by atoms with van der Waals surface area (Å²) in [6.07, 6.45) is 0. The van der Waals surface area contributed by atoms with Gasteiger partial charge in [-0.15, -0.1) is 0 Å². The highest BCUT2D eigenvalue weighted by atomic mass is 14.2. The Bertz CT molecular complexity index is 1930. The zero-order chi connectivity index (χ0) is 24.8. The average molecular weight is 471 g/mol. The van der Waals surface area contributed by atoms with Gasteiger partial charge in [0, 0.05) is 0 Å². The molecule has 37 heavy (non-hydrogen) atoms. The van der Waals surface area contributed by atoms with Gasteiger partial charge < -0.3 is 0 Å². The van der Waals surface area contributed by atoms with Crippen LogP contribution in [0.15, 0.2) is 140 Å². The Morgan fingerprint density at radius 2 is 0.919 bits per heavy atom. The van der Waals surface area contributed by atoms with Crippen LogP contribution in [0.25, 0.3) is 65.7 Å². The molecule has 7 aromatic rings. The number of rotatable bonds is 3. The molecule has 0 unspecified atom stereocenters. The number of benzene rings is 7. The van der Waals surface area contributed by atoms with Crippen molar-refractivity contribution in [1.29, 1.82) is 0 Å². The van der Waals surface area contributed by atoms with E-state index in [0.29, 0.717) is 0 Å². The first-order valence-corrected chi connectivity index (χ1v) is 12.9. The third-order valence-corrected chi connectivity index (χ3v) is 7.48. The highest BCUT2D eigenvalue weighted by Crippen LogP contribution is 2.44. The molecule has 0 nitrogen and oxygen atoms in total. The summed E-state index contributed by atoms with van der Waals surface area (Å²) in [7, 11) is 0. The fourth-order valence-electron chi connectivity index (χ4n) is 5.74. The van der Waals surface area contributed by atoms with Gasteiger partial charge in [-0.2, -0.15) is 0 Å². The van der Waals surface area contributed by atoms with Crippen molar-refractivity contribution in [2.75, 3.05) is 0 Å². The van der Waals surface area contributed by atoms with Gasteiger partial charge in [-0.05, 0) is 84.8 Å². The van der Waals surface area contributed by atoms with Crippen LogP contribution in [0.1, 0.15) is 5.56 Å². The molecule has 0 heteroatoms. The van der Waals surface area contributed by atoms with Crippen LogP contribution in [0.5, 0.6) is 0 Å². The lowest BCUT2D eigenvalue weighted by molar-refractivity contribution is 1.51. The molecule has 174 valence electrons. The summed E-state index contributed by atoms with van der Waals surface area (Å²) in [5, 5.41) is 7.70. The van der Waals surface area contributed by atoms with Gasteiger partial charge in [-0.25, -0.2) is 0 Å². The number of fused-ring (bicyclic) bond motifs is 3. The molecule has 0 aliphatic rings. The Kier molecular flexibility index (Phi) is 5.11. The molecular formula is C37H26. The molecule has 0 amide bonds. The average Bonchev–Trinajstić information content (AvgIpc) is 2.96. The fourth-order valence-corrected chi connectivity index (χ4v) is 5.74. The van der Waals surface area contributed by atoms with Crippen molar-refractivity contribution < 1.29 is 0 Å². The van der Waals surface area contributed by atoms with Crippen LogP contribution in [-0.2, 0) is 0 Å². The second kappa shape index (κ2) is 8.76. The molecule has 0 radical (unpaired) electrons. The fraction of sp³-hybridized carbons (Fsp3) is 0.0270. The zero-order valence-electron chi connectivity index (χ0n) is 20.8. The summed E-state index contributed by atoms with van der Waals surface area (Å²) in [5.41, 5.74) is 8.86. The molecule has 0 saturated heterocycles. The Hall–Kier alpha value is -4.68. The van der Waals surface area contributed by atoms with E-state index in [1.165, 1.54) is 71.3 Å². The van der Waals surface area contributed by atoms with Crippen molar-refractivity contribution in [1.82, 2.24) is 0 Å². The molecule has 7 aromatic carbocycles. The minimum atomic E-state index is 1.24. The molecule has 0 fully saturated rings. The number of aryl methyl sites for hydroxylation is 1. The molecule has 0 spiro atoms. The van der Waals surface area contributed by atoms with Crippen molar-refractivity contribution in [3.05, 3.63) is 145 Å². The van der Waals surface area contributed by atoms with Gasteiger partial charge in [-0.3, -0.25) is 0 Å². The maximum atomic E-state index is 2.36. The summed E-state index contributed by atoms with van der Waals surface area (Å²) in [6.45, 7) is 2.19. The van der Waals surface area contributed by atoms with Gasteiger partial charge in [0.2, 0.25) is 0 Å². The summed E-state index contributed by atoms with van der Waals surface area (Å²) < 4.78 is 0. The second-order valence-electron chi connectivity index (χ2n) is 9.85. The first kappa shape index (κ1) is 21.6. The van der Waals surface area contributed by atoms with Crippen molar-refractivity contribution in [3.63, 3.8) is 0 Å². The van der Waals surface area contributed by atoms with E-state index in [0.717, 1.165) is 0 Å². The lowest BCUT2D eigenvalue weighted by Gasteiger charge is -2.19. The summed E-state index contributed by atoms with van der Waals surface area (Å²) in [5.74, 6) is 0. The topological polar surface area (TPSA) is 0 Å². The molecule has 0 N–H and O–H groups in total. The van der Waals surface area contributed by atoms with Gasteiger partial charge in [0.25, 0.3) is 0 Å². The van der Waals surface area contributed by atoms with Gasteiger partial charge >= 0.3 is 0 Å². The van der Waals surface area contributed by atoms with E-state index in [1.807, 2.05) is 0 Å². The molecule has 0 aliphatic heterocycles. The first-order chi connectivity index (χ1) is 18.3. The Morgan fingerprint density at radius 1 is 0.324 bits per heavy atom. The highest BCUT2D eigenvalue weighted by Gasteiger charge is 2.17. The number of hydrogen-bond donors (Lipinski definition) is 0. The minimum Gasteiger partial charge on any atom is -0.0622 e. The maximum Gasteiger partial charge on any atom is -0.00261 e. The van der Waals surface area contributed by atoms with Crippen LogP contribution in [-0.4, -0.2) is 0 Å². The summed E-state index contributed by atoms with van der Waals surface area (Å²) in [4.78, 5) is 0. The van der Waals surface area contributed by atoms with Crippen molar-refractivity contribution in [2.45, 2.75) is 6.92 Å². The second-order valence-corrected chi connectivity index (χ2v) is 9.85. The van der Waals surface area contributed by atoms with E-state index in [4.69, 9.17) is 0 Å². The van der Waals surface area contributed by atoms with Crippen LogP contribution in [0.2, 0.25) is 0 Å². The normalized spacial score (nSPS) is 11.4. The largest absolute Gasteiger partial charge is 0.0622 e. The van der Waals surface area contributed by atoms with E-state index in [1.54, 1.807) is 0 Å². The van der Waals surface area contributed by atoms with Crippen LogP contribution < -0.4 is 0 Å². The molecule has 0 saturated carbocycles. The molecule has 0 bridgehead atoms. The predicted molar refractivity (Wildman–Crippen MR) is 160 cm³/mol. The van der Waals surface area contributed by atoms with Crippen molar-refractivity contribution in [3.8, 4) is 33.4 Å². The Labute approximate surface area is 217 Å². The van der Waals surface area contributed by atoms with Crippen molar-refractivity contribution >= 4 is 32.3 Å². The van der Waals surface area contributed by atoms with Gasteiger partial charge in [-0.1, -0.05) is 133 Å². The number of hydrogen-bond acceptors (Lipinski definition) is 0. The monoisotopic (exact) mass is 470 g/mol. The van der Waals surface area contributed by atoms with E-state index in [-0.39, 0.29) is 0 Å². The van der Waals surface area contributed by atoms with Gasteiger partial charge in [0.1, 0.15) is 0 Å². The lowest BCUT2D eigenvalue weighted by atomic mass is 9.84. The van der Waals surface area contributed by atoms with E-state index in [9.17, 15) is 0 Å². The molecule has 7 rings (SSSR count). The third-order valence-electron chi connectivity index (χ3n) is 7.48. The molecule has 0 aliphatic carbocycles. The smallest absolute Gasteiger partial charge is 0.00261 e. The lowest BCUT2D eigenvalue weighted by Crippen LogP contribution is -1.92. The molecule has 0 aromatic heterocycles. The van der Waals surface area contributed by atoms with Crippen LogP contribution in [0.3, 0.4) is 0 Å². The SMILES string of the molecule is Cc1ccc2c(-c3cccc(-c4ccccc4)c3)c3ccccc3c(-c3ccc4ccccc4c3)c2c1. The van der Waals surface area contributed by atoms with Crippen molar-refractivity contribution in [2.24, 2.45) is 0 Å². The van der Waals surface area contributed by atoms with Crippen LogP contribution in [0, 0.1) is 6.92 Å². The van der Waals surface area contributed by atoms with Crippen LogP contribution in [0.4, 0.5) is 0 Å². The van der Waals surface area contributed by atoms with E-state index >= 15 is 0 Å². The van der Waals surface area contributed by atoms with Crippen LogP contribution >= 0.6 is 0 Å². The van der Waals surface area contributed by atoms with Gasteiger partial charge in [0.05, 0.1) is 0 Å². The van der Waals surface area contributed by atoms with E-state index in [2.05, 4.69) is 146 Å². The van der Waals surface area contributed by atoms with Gasteiger partial charge in [0.15, 0.2) is 0 Å². The molecule has 0 heterocycles.